The molecule has 24 heavy (non-hydrogen) atoms. The van der Waals surface area contributed by atoms with Crippen molar-refractivity contribution in [3.8, 4) is 0 Å². The third kappa shape index (κ3) is 6.12. The molecule has 0 heterocycles. The van der Waals surface area contributed by atoms with Crippen LogP contribution in [0.4, 0.5) is 0 Å². The summed E-state index contributed by atoms with van der Waals surface area (Å²) in [5.41, 5.74) is 2.77. The Labute approximate surface area is 146 Å². The SMILES string of the molecule is CCC/C=C/C(=O)OC1CCC(c2ccc(CN(C)C)cc2)CC1. The Balaban J connectivity index is 1.79. The number of rotatable bonds is 7. The number of unbranched alkanes of at least 4 members (excludes halogenated alkanes) is 1. The molecular formula is C21H31NO2. The summed E-state index contributed by atoms with van der Waals surface area (Å²) < 4.78 is 5.55. The molecule has 1 aliphatic carbocycles. The first-order valence-corrected chi connectivity index (χ1v) is 9.19. The van der Waals surface area contributed by atoms with Gasteiger partial charge >= 0.3 is 5.97 Å². The van der Waals surface area contributed by atoms with E-state index < -0.39 is 0 Å². The number of benzene rings is 1. The maximum Gasteiger partial charge on any atom is 0.330 e. The van der Waals surface area contributed by atoms with Gasteiger partial charge in [-0.05, 0) is 63.2 Å². The van der Waals surface area contributed by atoms with E-state index in [1.807, 2.05) is 6.08 Å². The zero-order valence-electron chi connectivity index (χ0n) is 15.3. The molecule has 0 atom stereocenters. The predicted octanol–water partition coefficient (Wildman–Crippen LogP) is 4.67. The number of esters is 1. The molecule has 0 saturated heterocycles. The molecule has 0 aromatic heterocycles. The Bertz CT molecular complexity index is 525. The van der Waals surface area contributed by atoms with Gasteiger partial charge in [-0.15, -0.1) is 0 Å². The lowest BCUT2D eigenvalue weighted by Gasteiger charge is -2.28. The molecule has 0 spiro atoms. The van der Waals surface area contributed by atoms with Gasteiger partial charge in [0.2, 0.25) is 0 Å². The van der Waals surface area contributed by atoms with Crippen molar-refractivity contribution in [2.24, 2.45) is 0 Å². The van der Waals surface area contributed by atoms with Crippen LogP contribution in [0.1, 0.15) is 62.5 Å². The first-order chi connectivity index (χ1) is 11.6. The lowest BCUT2D eigenvalue weighted by Crippen LogP contribution is -2.23. The van der Waals surface area contributed by atoms with Gasteiger partial charge in [0, 0.05) is 12.6 Å². The zero-order valence-corrected chi connectivity index (χ0v) is 15.3. The average molecular weight is 329 g/mol. The van der Waals surface area contributed by atoms with Gasteiger partial charge in [0.15, 0.2) is 0 Å². The average Bonchev–Trinajstić information content (AvgIpc) is 2.56. The largest absolute Gasteiger partial charge is 0.459 e. The van der Waals surface area contributed by atoms with Gasteiger partial charge in [0.05, 0.1) is 0 Å². The number of nitrogens with zero attached hydrogens (tertiary/aromatic N) is 1. The number of allylic oxidation sites excluding steroid dienone is 1. The van der Waals surface area contributed by atoms with Crippen molar-refractivity contribution in [2.75, 3.05) is 14.1 Å². The third-order valence-electron chi connectivity index (χ3n) is 4.62. The smallest absolute Gasteiger partial charge is 0.330 e. The van der Waals surface area contributed by atoms with Crippen molar-refractivity contribution < 1.29 is 9.53 Å². The van der Waals surface area contributed by atoms with E-state index in [-0.39, 0.29) is 12.1 Å². The molecule has 0 bridgehead atoms. The molecule has 2 rings (SSSR count). The molecule has 0 aliphatic heterocycles. The van der Waals surface area contributed by atoms with Gasteiger partial charge in [-0.3, -0.25) is 0 Å². The first-order valence-electron chi connectivity index (χ1n) is 9.19. The summed E-state index contributed by atoms with van der Waals surface area (Å²) in [5.74, 6) is 0.420. The van der Waals surface area contributed by atoms with E-state index in [1.165, 1.54) is 11.1 Å². The van der Waals surface area contributed by atoms with Gasteiger partial charge in [-0.1, -0.05) is 43.7 Å². The molecule has 1 aromatic carbocycles. The van der Waals surface area contributed by atoms with Crippen molar-refractivity contribution >= 4 is 5.97 Å². The number of carbonyl (C=O) groups excluding carboxylic acids is 1. The van der Waals surface area contributed by atoms with Crippen LogP contribution in [0.2, 0.25) is 0 Å². The first kappa shape index (κ1) is 18.7. The molecule has 0 amide bonds. The van der Waals surface area contributed by atoms with Crippen LogP contribution in [0.5, 0.6) is 0 Å². The molecule has 3 nitrogen and oxygen atoms in total. The van der Waals surface area contributed by atoms with Crippen LogP contribution in [0.25, 0.3) is 0 Å². The fourth-order valence-corrected chi connectivity index (χ4v) is 3.32. The summed E-state index contributed by atoms with van der Waals surface area (Å²) in [6.45, 7) is 3.08. The fraction of sp³-hybridized carbons (Fsp3) is 0.571. The quantitative estimate of drug-likeness (QED) is 0.537. The van der Waals surface area contributed by atoms with Crippen molar-refractivity contribution in [3.63, 3.8) is 0 Å². The van der Waals surface area contributed by atoms with Crippen LogP contribution >= 0.6 is 0 Å². The van der Waals surface area contributed by atoms with E-state index in [1.54, 1.807) is 6.08 Å². The van der Waals surface area contributed by atoms with Gasteiger partial charge in [-0.25, -0.2) is 4.79 Å². The standard InChI is InChI=1S/C21H31NO2/c1-4-5-6-7-21(23)24-20-14-12-19(13-15-20)18-10-8-17(9-11-18)16-22(2)3/h6-11,19-20H,4-5,12-16H2,1-3H3/b7-6+. The number of carbonyl (C=O) groups is 1. The second-order valence-corrected chi connectivity index (χ2v) is 7.08. The normalized spacial score (nSPS) is 21.3. The van der Waals surface area contributed by atoms with Crippen LogP contribution in [-0.4, -0.2) is 31.1 Å². The number of hydrogen-bond donors (Lipinski definition) is 0. The molecule has 1 fully saturated rings. The van der Waals surface area contributed by atoms with Gasteiger partial charge < -0.3 is 9.64 Å². The maximum atomic E-state index is 11.8. The fourth-order valence-electron chi connectivity index (χ4n) is 3.32. The van der Waals surface area contributed by atoms with Crippen LogP contribution in [0.3, 0.4) is 0 Å². The Hall–Kier alpha value is -1.61. The van der Waals surface area contributed by atoms with E-state index in [9.17, 15) is 4.79 Å². The Morgan fingerprint density at radius 1 is 1.17 bits per heavy atom. The van der Waals surface area contributed by atoms with Crippen molar-refractivity contribution in [2.45, 2.75) is 64.0 Å². The summed E-state index contributed by atoms with van der Waals surface area (Å²) in [6, 6.07) is 9.01. The van der Waals surface area contributed by atoms with E-state index in [0.717, 1.165) is 45.1 Å². The van der Waals surface area contributed by atoms with Gasteiger partial charge in [0.1, 0.15) is 6.10 Å². The molecule has 1 aliphatic rings. The maximum absolute atomic E-state index is 11.8. The molecule has 132 valence electrons. The highest BCUT2D eigenvalue weighted by Gasteiger charge is 2.24. The Kier molecular flexibility index (Phi) is 7.51. The summed E-state index contributed by atoms with van der Waals surface area (Å²) in [5, 5.41) is 0. The van der Waals surface area contributed by atoms with Crippen LogP contribution in [-0.2, 0) is 16.1 Å². The minimum atomic E-state index is -0.181. The Morgan fingerprint density at radius 3 is 2.42 bits per heavy atom. The highest BCUT2D eigenvalue weighted by atomic mass is 16.5. The minimum Gasteiger partial charge on any atom is -0.459 e. The van der Waals surface area contributed by atoms with Crippen molar-refractivity contribution in [1.82, 2.24) is 4.90 Å². The van der Waals surface area contributed by atoms with Crippen LogP contribution in [0, 0.1) is 0 Å². The molecule has 1 aromatic rings. The molecule has 0 unspecified atom stereocenters. The van der Waals surface area contributed by atoms with Crippen LogP contribution < -0.4 is 0 Å². The summed E-state index contributed by atoms with van der Waals surface area (Å²) in [7, 11) is 4.18. The second-order valence-electron chi connectivity index (χ2n) is 7.08. The monoisotopic (exact) mass is 329 g/mol. The summed E-state index contributed by atoms with van der Waals surface area (Å²) >= 11 is 0. The zero-order chi connectivity index (χ0) is 17.4. The van der Waals surface area contributed by atoms with Gasteiger partial charge in [0.25, 0.3) is 0 Å². The lowest BCUT2D eigenvalue weighted by atomic mass is 9.82. The second kappa shape index (κ2) is 9.63. The van der Waals surface area contributed by atoms with Crippen LogP contribution in [0.15, 0.2) is 36.4 Å². The number of ether oxygens (including phenoxy) is 1. The minimum absolute atomic E-state index is 0.0908. The molecule has 0 radical (unpaired) electrons. The van der Waals surface area contributed by atoms with Gasteiger partial charge in [-0.2, -0.15) is 0 Å². The topological polar surface area (TPSA) is 29.5 Å². The molecule has 0 N–H and O–H groups in total. The number of hydrogen-bond acceptors (Lipinski definition) is 3. The molecule has 3 heteroatoms. The summed E-state index contributed by atoms with van der Waals surface area (Å²) in [4.78, 5) is 13.9. The summed E-state index contributed by atoms with van der Waals surface area (Å²) in [6.07, 6.45) is 9.71. The third-order valence-corrected chi connectivity index (χ3v) is 4.62. The molecular weight excluding hydrogens is 298 g/mol. The van der Waals surface area contributed by atoms with E-state index >= 15 is 0 Å². The lowest BCUT2D eigenvalue weighted by molar-refractivity contribution is -0.144. The Morgan fingerprint density at radius 2 is 1.83 bits per heavy atom. The predicted molar refractivity (Wildman–Crippen MR) is 99.0 cm³/mol. The van der Waals surface area contributed by atoms with E-state index in [4.69, 9.17) is 4.74 Å². The highest BCUT2D eigenvalue weighted by molar-refractivity contribution is 5.82. The van der Waals surface area contributed by atoms with Crippen molar-refractivity contribution in [1.29, 1.82) is 0 Å². The van der Waals surface area contributed by atoms with E-state index in [2.05, 4.69) is 50.2 Å². The van der Waals surface area contributed by atoms with Crippen molar-refractivity contribution in [3.05, 3.63) is 47.5 Å². The van der Waals surface area contributed by atoms with E-state index in [0.29, 0.717) is 5.92 Å². The highest BCUT2D eigenvalue weighted by Crippen LogP contribution is 2.34. The molecule has 1 saturated carbocycles.